The molecule has 0 fully saturated rings. The maximum Gasteiger partial charge on any atom is 0.164 e. The van der Waals surface area contributed by atoms with Crippen LogP contribution in [0, 0.1) is 5.82 Å². The number of hydrogen-bond donors (Lipinski definition) is 1. The summed E-state index contributed by atoms with van der Waals surface area (Å²) in [6.07, 6.45) is 1.47. The Morgan fingerprint density at radius 2 is 2.26 bits per heavy atom. The monoisotopic (exact) mass is 264 g/mol. The van der Waals surface area contributed by atoms with Crippen molar-refractivity contribution in [3.63, 3.8) is 0 Å². The van der Waals surface area contributed by atoms with E-state index in [1.54, 1.807) is 23.7 Å². The maximum absolute atomic E-state index is 13.7. The van der Waals surface area contributed by atoms with Gasteiger partial charge in [0.15, 0.2) is 5.82 Å². The van der Waals surface area contributed by atoms with E-state index in [0.717, 1.165) is 6.54 Å². The fourth-order valence-electron chi connectivity index (χ4n) is 1.78. The fraction of sp³-hybridized carbons (Fsp3) is 0.385. The molecule has 0 aliphatic rings. The Kier molecular flexibility index (Phi) is 4.11. The van der Waals surface area contributed by atoms with Gasteiger partial charge in [0, 0.05) is 24.2 Å². The summed E-state index contributed by atoms with van der Waals surface area (Å²) in [5.41, 5.74) is 6.13. The number of aromatic nitrogens is 3. The van der Waals surface area contributed by atoms with Crippen LogP contribution < -0.4 is 10.5 Å². The number of benzene rings is 1. The molecule has 6 heteroatoms. The molecule has 0 bridgehead atoms. The molecular weight excluding hydrogens is 247 g/mol. The summed E-state index contributed by atoms with van der Waals surface area (Å²) in [6, 6.07) is 4.34. The molecule has 0 aliphatic heterocycles. The zero-order chi connectivity index (χ0) is 13.8. The molecule has 5 nitrogen and oxygen atoms in total. The SMILES string of the molecule is CCn1ncnc1COc1ccc([C@@H](C)N)c(F)c1. The minimum atomic E-state index is -0.357. The predicted molar refractivity (Wildman–Crippen MR) is 69.0 cm³/mol. The van der Waals surface area contributed by atoms with Gasteiger partial charge in [0.2, 0.25) is 0 Å². The van der Waals surface area contributed by atoms with Crippen LogP contribution in [0.2, 0.25) is 0 Å². The molecule has 0 saturated carbocycles. The summed E-state index contributed by atoms with van der Waals surface area (Å²) >= 11 is 0. The summed E-state index contributed by atoms with van der Waals surface area (Å²) in [5, 5.41) is 4.04. The third-order valence-electron chi connectivity index (χ3n) is 2.83. The van der Waals surface area contributed by atoms with Crippen LogP contribution in [0.4, 0.5) is 4.39 Å². The van der Waals surface area contributed by atoms with Gasteiger partial charge >= 0.3 is 0 Å². The number of aryl methyl sites for hydroxylation is 1. The Morgan fingerprint density at radius 3 is 2.89 bits per heavy atom. The van der Waals surface area contributed by atoms with E-state index in [9.17, 15) is 4.39 Å². The molecule has 2 rings (SSSR count). The molecule has 2 aromatic rings. The maximum atomic E-state index is 13.7. The second-order valence-corrected chi connectivity index (χ2v) is 4.25. The van der Waals surface area contributed by atoms with Crippen molar-refractivity contribution in [2.24, 2.45) is 5.73 Å². The van der Waals surface area contributed by atoms with Crippen molar-refractivity contribution in [1.29, 1.82) is 0 Å². The second kappa shape index (κ2) is 5.79. The van der Waals surface area contributed by atoms with Gasteiger partial charge in [0.05, 0.1) is 0 Å². The van der Waals surface area contributed by atoms with Crippen LogP contribution >= 0.6 is 0 Å². The van der Waals surface area contributed by atoms with Gasteiger partial charge < -0.3 is 10.5 Å². The van der Waals surface area contributed by atoms with E-state index in [2.05, 4.69) is 10.1 Å². The van der Waals surface area contributed by atoms with E-state index in [0.29, 0.717) is 17.1 Å². The van der Waals surface area contributed by atoms with Crippen molar-refractivity contribution in [1.82, 2.24) is 14.8 Å². The topological polar surface area (TPSA) is 66.0 Å². The molecular formula is C13H17FN4O. The molecule has 0 radical (unpaired) electrons. The second-order valence-electron chi connectivity index (χ2n) is 4.25. The quantitative estimate of drug-likeness (QED) is 0.897. The average molecular weight is 264 g/mol. The lowest BCUT2D eigenvalue weighted by Crippen LogP contribution is -2.09. The fourth-order valence-corrected chi connectivity index (χ4v) is 1.78. The normalized spacial score (nSPS) is 12.4. The molecule has 0 aliphatic carbocycles. The smallest absolute Gasteiger partial charge is 0.164 e. The minimum absolute atomic E-state index is 0.255. The van der Waals surface area contributed by atoms with Gasteiger partial charge in [-0.3, -0.25) is 0 Å². The molecule has 2 N–H and O–H groups in total. The Bertz CT molecular complexity index is 553. The van der Waals surface area contributed by atoms with Crippen LogP contribution in [0.25, 0.3) is 0 Å². The summed E-state index contributed by atoms with van der Waals surface area (Å²) < 4.78 is 21.0. The van der Waals surface area contributed by atoms with Crippen molar-refractivity contribution < 1.29 is 9.13 Å². The Morgan fingerprint density at radius 1 is 1.47 bits per heavy atom. The van der Waals surface area contributed by atoms with Gasteiger partial charge in [-0.15, -0.1) is 0 Å². The highest BCUT2D eigenvalue weighted by Gasteiger charge is 2.09. The number of ether oxygens (including phenoxy) is 1. The molecule has 1 aromatic carbocycles. The Labute approximate surface area is 111 Å². The highest BCUT2D eigenvalue weighted by atomic mass is 19.1. The van der Waals surface area contributed by atoms with E-state index >= 15 is 0 Å². The summed E-state index contributed by atoms with van der Waals surface area (Å²) in [5.74, 6) is 0.802. The lowest BCUT2D eigenvalue weighted by Gasteiger charge is -2.10. The van der Waals surface area contributed by atoms with Gasteiger partial charge in [0.25, 0.3) is 0 Å². The third kappa shape index (κ3) is 3.08. The highest BCUT2D eigenvalue weighted by molar-refractivity contribution is 5.30. The average Bonchev–Trinajstić information content (AvgIpc) is 2.83. The van der Waals surface area contributed by atoms with Crippen molar-refractivity contribution in [3.05, 3.63) is 41.7 Å². The molecule has 1 heterocycles. The summed E-state index contributed by atoms with van der Waals surface area (Å²) in [7, 11) is 0. The van der Waals surface area contributed by atoms with Crippen LogP contribution in [0.3, 0.4) is 0 Å². The van der Waals surface area contributed by atoms with Crippen molar-refractivity contribution in [2.45, 2.75) is 33.0 Å². The standard InChI is InChI=1S/C13H17FN4O/c1-3-18-13(16-8-17-18)7-19-10-4-5-11(9(2)15)12(14)6-10/h4-6,8-9H,3,7,15H2,1-2H3/t9-/m1/s1. The lowest BCUT2D eigenvalue weighted by atomic mass is 10.1. The molecule has 1 aromatic heterocycles. The molecule has 0 amide bonds. The van der Waals surface area contributed by atoms with Gasteiger partial charge in [-0.25, -0.2) is 14.1 Å². The van der Waals surface area contributed by atoms with E-state index in [-0.39, 0.29) is 18.5 Å². The third-order valence-corrected chi connectivity index (χ3v) is 2.83. The van der Waals surface area contributed by atoms with Crippen molar-refractivity contribution in [3.8, 4) is 5.75 Å². The number of halogens is 1. The Balaban J connectivity index is 2.06. The number of nitrogens with two attached hydrogens (primary N) is 1. The molecule has 0 saturated heterocycles. The minimum Gasteiger partial charge on any atom is -0.486 e. The molecule has 19 heavy (non-hydrogen) atoms. The zero-order valence-corrected chi connectivity index (χ0v) is 11.0. The molecule has 0 spiro atoms. The van der Waals surface area contributed by atoms with E-state index in [1.807, 2.05) is 6.92 Å². The van der Waals surface area contributed by atoms with E-state index in [1.165, 1.54) is 12.4 Å². The first-order valence-electron chi connectivity index (χ1n) is 6.16. The van der Waals surface area contributed by atoms with E-state index in [4.69, 9.17) is 10.5 Å². The zero-order valence-electron chi connectivity index (χ0n) is 11.0. The first-order chi connectivity index (χ1) is 9.11. The lowest BCUT2D eigenvalue weighted by molar-refractivity contribution is 0.285. The van der Waals surface area contributed by atoms with Gasteiger partial charge in [0.1, 0.15) is 24.5 Å². The van der Waals surface area contributed by atoms with Crippen LogP contribution in [0.15, 0.2) is 24.5 Å². The Hall–Kier alpha value is -1.95. The van der Waals surface area contributed by atoms with Crippen LogP contribution in [0.1, 0.15) is 31.3 Å². The highest BCUT2D eigenvalue weighted by Crippen LogP contribution is 2.21. The predicted octanol–water partition coefficient (Wildman–Crippen LogP) is 2.04. The molecule has 102 valence electrons. The first kappa shape index (κ1) is 13.5. The van der Waals surface area contributed by atoms with Crippen molar-refractivity contribution in [2.75, 3.05) is 0 Å². The summed E-state index contributed by atoms with van der Waals surface area (Å²) in [4.78, 5) is 4.08. The van der Waals surface area contributed by atoms with Gasteiger partial charge in [-0.05, 0) is 19.9 Å². The molecule has 0 unspecified atom stereocenters. The van der Waals surface area contributed by atoms with Crippen molar-refractivity contribution >= 4 is 0 Å². The largest absolute Gasteiger partial charge is 0.486 e. The van der Waals surface area contributed by atoms with Gasteiger partial charge in [-0.1, -0.05) is 6.07 Å². The number of rotatable bonds is 5. The van der Waals surface area contributed by atoms with E-state index < -0.39 is 0 Å². The van der Waals surface area contributed by atoms with Crippen LogP contribution in [-0.2, 0) is 13.2 Å². The number of nitrogens with zero attached hydrogens (tertiary/aromatic N) is 3. The van der Waals surface area contributed by atoms with Crippen LogP contribution in [-0.4, -0.2) is 14.8 Å². The first-order valence-corrected chi connectivity index (χ1v) is 6.16. The summed E-state index contributed by atoms with van der Waals surface area (Å²) in [6.45, 7) is 4.68. The number of hydrogen-bond acceptors (Lipinski definition) is 4. The van der Waals surface area contributed by atoms with Crippen LogP contribution in [0.5, 0.6) is 5.75 Å². The van der Waals surface area contributed by atoms with Gasteiger partial charge in [-0.2, -0.15) is 5.10 Å². The molecule has 1 atom stereocenters.